The van der Waals surface area contributed by atoms with Crippen molar-refractivity contribution >= 4 is 27.7 Å². The third-order valence-electron chi connectivity index (χ3n) is 5.86. The Hall–Kier alpha value is -2.92. The molecule has 0 bridgehead atoms. The summed E-state index contributed by atoms with van der Waals surface area (Å²) in [7, 11) is 0. The molecule has 0 saturated carbocycles. The first kappa shape index (κ1) is 26.7. The number of nitrogens with one attached hydrogen (secondary N) is 1. The molecule has 184 valence electrons. The normalized spacial score (nSPS) is 12.2. The average molecular weight is 536 g/mol. The molecule has 0 aliphatic rings. The van der Waals surface area contributed by atoms with E-state index in [-0.39, 0.29) is 18.2 Å². The van der Waals surface area contributed by atoms with Crippen LogP contribution in [0.5, 0.6) is 0 Å². The minimum Gasteiger partial charge on any atom is -0.350 e. The van der Waals surface area contributed by atoms with Gasteiger partial charge in [-0.05, 0) is 69.0 Å². The molecule has 1 N–H and O–H groups in total. The highest BCUT2D eigenvalue weighted by Crippen LogP contribution is 2.21. The fraction of sp³-hybridized carbons (Fsp3) is 0.333. The average Bonchev–Trinajstić information content (AvgIpc) is 2.78. The van der Waals surface area contributed by atoms with Gasteiger partial charge in [-0.15, -0.1) is 0 Å². The standard InChI is InChI=1S/C30H35BrN2O2/c1-21-14-15-22(2)25(16-21)19-28(34)33(20-24-12-9-13-26(31)17-24)27(29(35)32-30(3,4)5)18-23-10-7-6-8-11-23/h6-17,27H,18-20H2,1-5H3,(H,32,35)/t27-/m0/s1. The fourth-order valence-electron chi connectivity index (χ4n) is 4.09. The van der Waals surface area contributed by atoms with Gasteiger partial charge in [0.1, 0.15) is 6.04 Å². The molecular weight excluding hydrogens is 500 g/mol. The molecule has 3 aromatic rings. The number of hydrogen-bond donors (Lipinski definition) is 1. The zero-order valence-corrected chi connectivity index (χ0v) is 22.9. The number of nitrogens with zero attached hydrogens (tertiary/aromatic N) is 1. The second-order valence-corrected chi connectivity index (χ2v) is 11.1. The van der Waals surface area contributed by atoms with Crippen LogP contribution in [0.1, 0.15) is 48.6 Å². The molecule has 0 aliphatic carbocycles. The van der Waals surface area contributed by atoms with Gasteiger partial charge in [-0.1, -0.05) is 82.2 Å². The molecule has 3 rings (SSSR count). The van der Waals surface area contributed by atoms with Crippen LogP contribution in [-0.2, 0) is 29.0 Å². The summed E-state index contributed by atoms with van der Waals surface area (Å²) in [5.74, 6) is -0.214. The molecule has 3 aromatic carbocycles. The van der Waals surface area contributed by atoms with Crippen molar-refractivity contribution in [3.05, 3.63) is 105 Å². The summed E-state index contributed by atoms with van der Waals surface area (Å²) >= 11 is 3.54. The smallest absolute Gasteiger partial charge is 0.243 e. The van der Waals surface area contributed by atoms with Gasteiger partial charge in [-0.2, -0.15) is 0 Å². The lowest BCUT2D eigenvalue weighted by molar-refractivity contribution is -0.141. The van der Waals surface area contributed by atoms with Crippen LogP contribution >= 0.6 is 15.9 Å². The summed E-state index contributed by atoms with van der Waals surface area (Å²) in [6.07, 6.45) is 0.685. The summed E-state index contributed by atoms with van der Waals surface area (Å²) in [4.78, 5) is 29.3. The van der Waals surface area contributed by atoms with E-state index < -0.39 is 11.6 Å². The zero-order valence-electron chi connectivity index (χ0n) is 21.3. The molecule has 0 aromatic heterocycles. The fourth-order valence-corrected chi connectivity index (χ4v) is 4.54. The Bertz CT molecular complexity index is 1170. The van der Waals surface area contributed by atoms with E-state index in [0.717, 1.165) is 32.3 Å². The summed E-state index contributed by atoms with van der Waals surface area (Å²) in [5.41, 5.74) is 4.75. The lowest BCUT2D eigenvalue weighted by Crippen LogP contribution is -2.54. The second kappa shape index (κ2) is 11.7. The number of aryl methyl sites for hydroxylation is 2. The summed E-state index contributed by atoms with van der Waals surface area (Å²) in [6.45, 7) is 10.3. The molecule has 0 fully saturated rings. The maximum Gasteiger partial charge on any atom is 0.243 e. The highest BCUT2D eigenvalue weighted by atomic mass is 79.9. The number of benzene rings is 3. The molecule has 0 aliphatic heterocycles. The molecule has 0 spiro atoms. The van der Waals surface area contributed by atoms with Crippen LogP contribution in [0.4, 0.5) is 0 Å². The highest BCUT2D eigenvalue weighted by molar-refractivity contribution is 9.10. The first-order chi connectivity index (χ1) is 16.5. The molecule has 0 unspecified atom stereocenters. The van der Waals surface area contributed by atoms with E-state index in [2.05, 4.69) is 33.4 Å². The first-order valence-corrected chi connectivity index (χ1v) is 12.8. The Morgan fingerprint density at radius 1 is 0.914 bits per heavy atom. The van der Waals surface area contributed by atoms with Crippen LogP contribution in [-0.4, -0.2) is 28.3 Å². The maximum absolute atomic E-state index is 13.9. The zero-order chi connectivity index (χ0) is 25.6. The van der Waals surface area contributed by atoms with Gasteiger partial charge >= 0.3 is 0 Å². The molecular formula is C30H35BrN2O2. The predicted molar refractivity (Wildman–Crippen MR) is 146 cm³/mol. The van der Waals surface area contributed by atoms with E-state index in [1.807, 2.05) is 95.3 Å². The van der Waals surface area contributed by atoms with E-state index in [1.165, 1.54) is 0 Å². The maximum atomic E-state index is 13.9. The van der Waals surface area contributed by atoms with E-state index >= 15 is 0 Å². The van der Waals surface area contributed by atoms with Gasteiger partial charge in [0.15, 0.2) is 0 Å². The van der Waals surface area contributed by atoms with Crippen molar-refractivity contribution in [2.24, 2.45) is 0 Å². The quantitative estimate of drug-likeness (QED) is 0.376. The van der Waals surface area contributed by atoms with Crippen LogP contribution < -0.4 is 5.32 Å². The van der Waals surface area contributed by atoms with Gasteiger partial charge in [0, 0.05) is 23.0 Å². The van der Waals surface area contributed by atoms with Crippen molar-refractivity contribution in [3.63, 3.8) is 0 Å². The third-order valence-corrected chi connectivity index (χ3v) is 6.35. The molecule has 0 radical (unpaired) electrons. The Morgan fingerprint density at radius 3 is 2.26 bits per heavy atom. The van der Waals surface area contributed by atoms with Crippen LogP contribution in [0, 0.1) is 13.8 Å². The molecule has 2 amide bonds. The van der Waals surface area contributed by atoms with Gasteiger partial charge in [0.05, 0.1) is 6.42 Å². The number of carbonyl (C=O) groups excluding carboxylic acids is 2. The number of halogens is 1. The van der Waals surface area contributed by atoms with Crippen molar-refractivity contribution in [3.8, 4) is 0 Å². The monoisotopic (exact) mass is 534 g/mol. The molecule has 1 atom stereocenters. The lowest BCUT2D eigenvalue weighted by Gasteiger charge is -2.34. The molecule has 4 nitrogen and oxygen atoms in total. The summed E-state index contributed by atoms with van der Waals surface area (Å²) in [6, 6.07) is 23.3. The van der Waals surface area contributed by atoms with E-state index in [0.29, 0.717) is 13.0 Å². The van der Waals surface area contributed by atoms with Crippen molar-refractivity contribution in [1.82, 2.24) is 10.2 Å². The van der Waals surface area contributed by atoms with Gasteiger partial charge < -0.3 is 10.2 Å². The van der Waals surface area contributed by atoms with Crippen LogP contribution in [0.25, 0.3) is 0 Å². The lowest BCUT2D eigenvalue weighted by atomic mass is 9.98. The van der Waals surface area contributed by atoms with Gasteiger partial charge in [0.25, 0.3) is 0 Å². The van der Waals surface area contributed by atoms with E-state index in [1.54, 1.807) is 4.90 Å². The van der Waals surface area contributed by atoms with Crippen molar-refractivity contribution in [1.29, 1.82) is 0 Å². The Balaban J connectivity index is 2.02. The first-order valence-electron chi connectivity index (χ1n) is 12.0. The molecule has 0 saturated heterocycles. The largest absolute Gasteiger partial charge is 0.350 e. The third kappa shape index (κ3) is 8.07. The van der Waals surface area contributed by atoms with Crippen molar-refractivity contribution in [2.75, 3.05) is 0 Å². The van der Waals surface area contributed by atoms with Crippen LogP contribution in [0.2, 0.25) is 0 Å². The number of hydrogen-bond acceptors (Lipinski definition) is 2. The van der Waals surface area contributed by atoms with Crippen molar-refractivity contribution in [2.45, 2.75) is 65.6 Å². The summed E-state index contributed by atoms with van der Waals surface area (Å²) in [5, 5.41) is 3.11. The van der Waals surface area contributed by atoms with E-state index in [4.69, 9.17) is 0 Å². The number of carbonyl (C=O) groups is 2. The van der Waals surface area contributed by atoms with Gasteiger partial charge in [-0.25, -0.2) is 0 Å². The van der Waals surface area contributed by atoms with Gasteiger partial charge in [-0.3, -0.25) is 9.59 Å². The molecule has 5 heteroatoms. The molecule has 0 heterocycles. The minimum atomic E-state index is -0.645. The highest BCUT2D eigenvalue weighted by Gasteiger charge is 2.32. The van der Waals surface area contributed by atoms with Crippen molar-refractivity contribution < 1.29 is 9.59 Å². The Labute approximate surface area is 217 Å². The number of rotatable bonds is 8. The molecule has 35 heavy (non-hydrogen) atoms. The van der Waals surface area contributed by atoms with Crippen LogP contribution in [0.15, 0.2) is 77.3 Å². The topological polar surface area (TPSA) is 49.4 Å². The Morgan fingerprint density at radius 2 is 1.60 bits per heavy atom. The SMILES string of the molecule is Cc1ccc(C)c(CC(=O)N(Cc2cccc(Br)c2)[C@@H](Cc2ccccc2)C(=O)NC(C)(C)C)c1. The Kier molecular flexibility index (Phi) is 8.90. The minimum absolute atomic E-state index is 0.0661. The van der Waals surface area contributed by atoms with E-state index in [9.17, 15) is 9.59 Å². The van der Waals surface area contributed by atoms with Crippen LogP contribution in [0.3, 0.4) is 0 Å². The number of amides is 2. The predicted octanol–water partition coefficient (Wildman–Crippen LogP) is 6.16. The summed E-state index contributed by atoms with van der Waals surface area (Å²) < 4.78 is 0.940. The second-order valence-electron chi connectivity index (χ2n) is 10.2. The van der Waals surface area contributed by atoms with Gasteiger partial charge in [0.2, 0.25) is 11.8 Å².